The lowest BCUT2D eigenvalue weighted by atomic mass is 10.00. The molecule has 0 radical (unpaired) electrons. The van der Waals surface area contributed by atoms with Gasteiger partial charge in [0, 0.05) is 28.5 Å². The molecule has 2 N–H and O–H groups in total. The predicted molar refractivity (Wildman–Crippen MR) is 91.3 cm³/mol. The third-order valence-electron chi connectivity index (χ3n) is 3.60. The van der Waals surface area contributed by atoms with Crippen molar-refractivity contribution in [2.45, 2.75) is 33.7 Å². The molecular formula is C15H21N3OS2. The van der Waals surface area contributed by atoms with E-state index >= 15 is 0 Å². The highest BCUT2D eigenvalue weighted by Gasteiger charge is 2.32. The van der Waals surface area contributed by atoms with E-state index in [-0.39, 0.29) is 11.9 Å². The zero-order valence-corrected chi connectivity index (χ0v) is 14.5. The number of aryl methyl sites for hydroxylation is 1. The maximum atomic E-state index is 12.8. The van der Waals surface area contributed by atoms with Crippen LogP contribution in [-0.4, -0.2) is 29.0 Å². The molecule has 2 rings (SSSR count). The SMILES string of the molecule is CCN(CC)C(=O)C1=C(C)NC(=S)N[C@H]1c1ccc(C)s1. The lowest BCUT2D eigenvalue weighted by molar-refractivity contribution is -0.127. The summed E-state index contributed by atoms with van der Waals surface area (Å²) < 4.78 is 0. The van der Waals surface area contributed by atoms with Gasteiger partial charge in [0.05, 0.1) is 11.6 Å². The first-order chi connectivity index (χ1) is 9.97. The summed E-state index contributed by atoms with van der Waals surface area (Å²) in [6.07, 6.45) is 0. The Labute approximate surface area is 135 Å². The van der Waals surface area contributed by atoms with Gasteiger partial charge in [-0.3, -0.25) is 4.79 Å². The van der Waals surface area contributed by atoms with Crippen LogP contribution in [0.4, 0.5) is 0 Å². The first-order valence-electron chi connectivity index (χ1n) is 7.11. The number of nitrogens with zero attached hydrogens (tertiary/aromatic N) is 1. The molecule has 2 heterocycles. The smallest absolute Gasteiger partial charge is 0.253 e. The highest BCUT2D eigenvalue weighted by molar-refractivity contribution is 7.80. The lowest BCUT2D eigenvalue weighted by Gasteiger charge is -2.32. The minimum Gasteiger partial charge on any atom is -0.350 e. The zero-order chi connectivity index (χ0) is 15.6. The van der Waals surface area contributed by atoms with E-state index in [1.54, 1.807) is 11.3 Å². The van der Waals surface area contributed by atoms with Gasteiger partial charge in [-0.25, -0.2) is 0 Å². The van der Waals surface area contributed by atoms with Crippen molar-refractivity contribution in [3.8, 4) is 0 Å². The molecule has 0 aromatic carbocycles. The van der Waals surface area contributed by atoms with E-state index < -0.39 is 0 Å². The molecule has 0 aliphatic carbocycles. The van der Waals surface area contributed by atoms with Gasteiger partial charge < -0.3 is 15.5 Å². The van der Waals surface area contributed by atoms with E-state index in [0.717, 1.165) is 16.1 Å². The number of carbonyl (C=O) groups is 1. The largest absolute Gasteiger partial charge is 0.350 e. The Morgan fingerprint density at radius 2 is 2.00 bits per heavy atom. The van der Waals surface area contributed by atoms with Gasteiger partial charge >= 0.3 is 0 Å². The number of allylic oxidation sites excluding steroid dienone is 1. The number of thiocarbonyl (C=S) groups is 1. The lowest BCUT2D eigenvalue weighted by Crippen LogP contribution is -2.47. The van der Waals surface area contributed by atoms with Crippen LogP contribution in [0, 0.1) is 6.92 Å². The van der Waals surface area contributed by atoms with E-state index in [4.69, 9.17) is 12.2 Å². The first kappa shape index (κ1) is 16.0. The van der Waals surface area contributed by atoms with Crippen LogP contribution in [0.5, 0.6) is 0 Å². The number of nitrogens with one attached hydrogen (secondary N) is 2. The standard InChI is InChI=1S/C15H21N3OS2/c1-5-18(6-2)14(19)12-10(4)16-15(20)17-13(12)11-8-7-9(3)21-11/h7-8,13H,5-6H2,1-4H3,(H2,16,17,20)/t13-/m0/s1. The van der Waals surface area contributed by atoms with Gasteiger partial charge in [0.15, 0.2) is 5.11 Å². The molecule has 0 spiro atoms. The number of hydrogen-bond donors (Lipinski definition) is 2. The molecule has 6 heteroatoms. The monoisotopic (exact) mass is 323 g/mol. The molecule has 0 saturated carbocycles. The topological polar surface area (TPSA) is 44.4 Å². The van der Waals surface area contributed by atoms with Crippen LogP contribution in [0.25, 0.3) is 0 Å². The van der Waals surface area contributed by atoms with E-state index in [0.29, 0.717) is 18.2 Å². The van der Waals surface area contributed by atoms with Crippen LogP contribution < -0.4 is 10.6 Å². The average molecular weight is 323 g/mol. The van der Waals surface area contributed by atoms with Gasteiger partial charge in [-0.05, 0) is 52.0 Å². The summed E-state index contributed by atoms with van der Waals surface area (Å²) >= 11 is 6.94. The van der Waals surface area contributed by atoms with Crippen molar-refractivity contribution in [1.82, 2.24) is 15.5 Å². The van der Waals surface area contributed by atoms with Gasteiger partial charge in [-0.1, -0.05) is 0 Å². The van der Waals surface area contributed by atoms with Gasteiger partial charge in [-0.15, -0.1) is 11.3 Å². The summed E-state index contributed by atoms with van der Waals surface area (Å²) in [5.74, 6) is 0.0658. The average Bonchev–Trinajstić information content (AvgIpc) is 2.85. The van der Waals surface area contributed by atoms with Crippen molar-refractivity contribution in [1.29, 1.82) is 0 Å². The summed E-state index contributed by atoms with van der Waals surface area (Å²) in [4.78, 5) is 17.0. The summed E-state index contributed by atoms with van der Waals surface area (Å²) in [6, 6.07) is 3.97. The van der Waals surface area contributed by atoms with Crippen molar-refractivity contribution in [2.24, 2.45) is 0 Å². The summed E-state index contributed by atoms with van der Waals surface area (Å²) in [5.41, 5.74) is 1.60. The van der Waals surface area contributed by atoms with Gasteiger partial charge in [0.1, 0.15) is 0 Å². The predicted octanol–water partition coefficient (Wildman–Crippen LogP) is 2.72. The molecule has 0 fully saturated rings. The third kappa shape index (κ3) is 3.27. The summed E-state index contributed by atoms with van der Waals surface area (Å²) in [7, 11) is 0. The van der Waals surface area contributed by atoms with Crippen LogP contribution in [0.15, 0.2) is 23.4 Å². The molecule has 1 aliphatic rings. The molecule has 1 amide bonds. The Morgan fingerprint density at radius 3 is 2.52 bits per heavy atom. The molecule has 114 valence electrons. The van der Waals surface area contributed by atoms with Gasteiger partial charge in [-0.2, -0.15) is 0 Å². The molecule has 4 nitrogen and oxygen atoms in total. The van der Waals surface area contributed by atoms with Crippen molar-refractivity contribution >= 4 is 34.6 Å². The van der Waals surface area contributed by atoms with E-state index in [1.165, 1.54) is 4.88 Å². The second-order valence-corrected chi connectivity index (χ2v) is 6.72. The maximum Gasteiger partial charge on any atom is 0.253 e. The van der Waals surface area contributed by atoms with Gasteiger partial charge in [0.25, 0.3) is 5.91 Å². The number of rotatable bonds is 4. The minimum atomic E-state index is -0.162. The highest BCUT2D eigenvalue weighted by Crippen LogP contribution is 2.32. The molecule has 1 aromatic heterocycles. The van der Waals surface area contributed by atoms with E-state index in [9.17, 15) is 4.79 Å². The Hall–Kier alpha value is -1.40. The summed E-state index contributed by atoms with van der Waals surface area (Å²) in [6.45, 7) is 9.37. The molecule has 0 bridgehead atoms. The van der Waals surface area contributed by atoms with Crippen LogP contribution >= 0.6 is 23.6 Å². The number of hydrogen-bond acceptors (Lipinski definition) is 3. The second kappa shape index (κ2) is 6.58. The third-order valence-corrected chi connectivity index (χ3v) is 4.88. The van der Waals surface area contributed by atoms with Crippen LogP contribution in [0.2, 0.25) is 0 Å². The molecule has 0 saturated heterocycles. The summed E-state index contributed by atoms with van der Waals surface area (Å²) in [5, 5.41) is 6.88. The fraction of sp³-hybridized carbons (Fsp3) is 0.467. The van der Waals surface area contributed by atoms with Gasteiger partial charge in [0.2, 0.25) is 0 Å². The maximum absolute atomic E-state index is 12.8. The molecule has 1 atom stereocenters. The zero-order valence-electron chi connectivity index (χ0n) is 12.8. The normalized spacial score (nSPS) is 18.3. The van der Waals surface area contributed by atoms with Crippen LogP contribution in [-0.2, 0) is 4.79 Å². The molecule has 21 heavy (non-hydrogen) atoms. The number of likely N-dealkylation sites (N-methyl/N-ethyl adjacent to an activating group) is 1. The van der Waals surface area contributed by atoms with Crippen molar-refractivity contribution in [3.63, 3.8) is 0 Å². The number of amides is 1. The Kier molecular flexibility index (Phi) is 5.00. The quantitative estimate of drug-likeness (QED) is 0.836. The van der Waals surface area contributed by atoms with Crippen molar-refractivity contribution in [3.05, 3.63) is 33.2 Å². The molecule has 1 aromatic rings. The Bertz CT molecular complexity index is 587. The highest BCUT2D eigenvalue weighted by atomic mass is 32.1. The Morgan fingerprint density at radius 1 is 1.33 bits per heavy atom. The van der Waals surface area contributed by atoms with Crippen molar-refractivity contribution in [2.75, 3.05) is 13.1 Å². The van der Waals surface area contributed by atoms with E-state index in [1.807, 2.05) is 25.7 Å². The first-order valence-corrected chi connectivity index (χ1v) is 8.34. The second-order valence-electron chi connectivity index (χ2n) is 5.00. The van der Waals surface area contributed by atoms with E-state index in [2.05, 4.69) is 29.7 Å². The molecule has 0 unspecified atom stereocenters. The fourth-order valence-electron chi connectivity index (χ4n) is 2.48. The molecule has 1 aliphatic heterocycles. The fourth-order valence-corrected chi connectivity index (χ4v) is 3.69. The number of thiophene rings is 1. The van der Waals surface area contributed by atoms with Crippen molar-refractivity contribution < 1.29 is 4.79 Å². The number of carbonyl (C=O) groups excluding carboxylic acids is 1. The Balaban J connectivity index is 2.43. The van der Waals surface area contributed by atoms with Crippen LogP contribution in [0.3, 0.4) is 0 Å². The van der Waals surface area contributed by atoms with Crippen LogP contribution in [0.1, 0.15) is 36.6 Å². The molecular weight excluding hydrogens is 302 g/mol. The minimum absolute atomic E-state index is 0.0658.